The zero-order valence-electron chi connectivity index (χ0n) is 13.9. The minimum Gasteiger partial charge on any atom is -0.350 e. The van der Waals surface area contributed by atoms with Crippen LogP contribution in [-0.2, 0) is 23.2 Å². The van der Waals surface area contributed by atoms with Crippen molar-refractivity contribution in [2.75, 3.05) is 20.6 Å². The topological polar surface area (TPSA) is 79.3 Å². The molecule has 24 heavy (non-hydrogen) atoms. The van der Waals surface area contributed by atoms with E-state index in [0.717, 1.165) is 10.4 Å². The van der Waals surface area contributed by atoms with Crippen molar-refractivity contribution in [3.8, 4) is 0 Å². The van der Waals surface area contributed by atoms with Crippen molar-refractivity contribution in [3.05, 3.63) is 40.3 Å². The van der Waals surface area contributed by atoms with E-state index in [9.17, 15) is 9.59 Å². The number of carbonyl (C=O) groups is 2. The standard InChI is InChI=1S/C15H21N5O2S.ClH/c1-16-14(11-7-18-20(3)9-11)15(22)19(2)10-13(21)17-8-12-5-4-6-23-12;/h4-7,9,14,16H,8,10H2,1-3H3,(H,17,21);1H. The second kappa shape index (κ2) is 9.41. The predicted molar refractivity (Wildman–Crippen MR) is 96.1 cm³/mol. The third-order valence-corrected chi connectivity index (χ3v) is 4.27. The molecule has 0 aromatic carbocycles. The van der Waals surface area contributed by atoms with E-state index in [0.29, 0.717) is 6.54 Å². The summed E-state index contributed by atoms with van der Waals surface area (Å²) in [5.74, 6) is -0.359. The van der Waals surface area contributed by atoms with E-state index < -0.39 is 6.04 Å². The summed E-state index contributed by atoms with van der Waals surface area (Å²) in [6.07, 6.45) is 3.42. The molecule has 0 aliphatic rings. The number of thiophene rings is 1. The summed E-state index contributed by atoms with van der Waals surface area (Å²) >= 11 is 1.58. The van der Waals surface area contributed by atoms with E-state index >= 15 is 0 Å². The molecule has 0 saturated carbocycles. The summed E-state index contributed by atoms with van der Waals surface area (Å²) in [6, 6.07) is 3.38. The molecule has 132 valence electrons. The monoisotopic (exact) mass is 371 g/mol. The molecule has 0 bridgehead atoms. The Bertz CT molecular complexity index is 659. The van der Waals surface area contributed by atoms with Crippen molar-refractivity contribution in [1.82, 2.24) is 25.3 Å². The van der Waals surface area contributed by atoms with Crippen molar-refractivity contribution in [2.24, 2.45) is 7.05 Å². The molecule has 0 saturated heterocycles. The van der Waals surface area contributed by atoms with E-state index in [1.54, 1.807) is 49.6 Å². The van der Waals surface area contributed by atoms with Gasteiger partial charge in [0, 0.05) is 30.7 Å². The van der Waals surface area contributed by atoms with Crippen molar-refractivity contribution >= 4 is 35.6 Å². The molecule has 7 nitrogen and oxygen atoms in total. The van der Waals surface area contributed by atoms with Crippen LogP contribution in [0.5, 0.6) is 0 Å². The number of rotatable bonds is 7. The Kier molecular flexibility index (Phi) is 7.90. The van der Waals surface area contributed by atoms with Gasteiger partial charge in [0.2, 0.25) is 11.8 Å². The van der Waals surface area contributed by atoms with Crippen LogP contribution in [0, 0.1) is 0 Å². The summed E-state index contributed by atoms with van der Waals surface area (Å²) in [7, 11) is 5.12. The molecule has 0 radical (unpaired) electrons. The van der Waals surface area contributed by atoms with Gasteiger partial charge < -0.3 is 15.5 Å². The summed E-state index contributed by atoms with van der Waals surface area (Å²) in [5, 5.41) is 11.8. The van der Waals surface area contributed by atoms with E-state index in [-0.39, 0.29) is 30.8 Å². The number of hydrogen-bond acceptors (Lipinski definition) is 5. The number of carbonyl (C=O) groups excluding carboxylic acids is 2. The number of nitrogens with one attached hydrogen (secondary N) is 2. The lowest BCUT2D eigenvalue weighted by Gasteiger charge is -2.22. The van der Waals surface area contributed by atoms with Gasteiger partial charge in [-0.2, -0.15) is 5.10 Å². The second-order valence-corrected chi connectivity index (χ2v) is 6.25. The SMILES string of the molecule is CNC(C(=O)N(C)CC(=O)NCc1cccs1)c1cnn(C)c1.Cl. The highest BCUT2D eigenvalue weighted by Crippen LogP contribution is 2.14. The van der Waals surface area contributed by atoms with Crippen LogP contribution in [0.4, 0.5) is 0 Å². The molecule has 1 atom stereocenters. The van der Waals surface area contributed by atoms with E-state index in [1.165, 1.54) is 4.90 Å². The molecule has 0 spiro atoms. The molecule has 2 rings (SSSR count). The highest BCUT2D eigenvalue weighted by molar-refractivity contribution is 7.09. The Morgan fingerprint density at radius 1 is 1.46 bits per heavy atom. The van der Waals surface area contributed by atoms with Gasteiger partial charge in [-0.1, -0.05) is 6.07 Å². The highest BCUT2D eigenvalue weighted by Gasteiger charge is 2.24. The molecule has 1 unspecified atom stereocenters. The molecule has 0 fully saturated rings. The number of nitrogens with zero attached hydrogens (tertiary/aromatic N) is 3. The van der Waals surface area contributed by atoms with Crippen molar-refractivity contribution in [1.29, 1.82) is 0 Å². The Labute approximate surface area is 151 Å². The zero-order valence-corrected chi connectivity index (χ0v) is 15.5. The maximum atomic E-state index is 12.5. The van der Waals surface area contributed by atoms with Crippen molar-refractivity contribution < 1.29 is 9.59 Å². The molecule has 2 aromatic rings. The van der Waals surface area contributed by atoms with Gasteiger partial charge in [-0.25, -0.2) is 0 Å². The van der Waals surface area contributed by atoms with Crippen LogP contribution in [0.1, 0.15) is 16.5 Å². The number of hydrogen-bond donors (Lipinski definition) is 2. The Hall–Kier alpha value is -1.90. The average molecular weight is 372 g/mol. The molecular weight excluding hydrogens is 350 g/mol. The summed E-state index contributed by atoms with van der Waals surface area (Å²) in [5.41, 5.74) is 0.769. The fourth-order valence-corrected chi connectivity index (χ4v) is 2.83. The van der Waals surface area contributed by atoms with Gasteiger partial charge in [0.05, 0.1) is 19.3 Å². The van der Waals surface area contributed by atoms with E-state index in [1.807, 2.05) is 17.5 Å². The Morgan fingerprint density at radius 2 is 2.21 bits per heavy atom. The van der Waals surface area contributed by atoms with Crippen LogP contribution >= 0.6 is 23.7 Å². The van der Waals surface area contributed by atoms with Gasteiger partial charge in [-0.05, 0) is 18.5 Å². The predicted octanol–water partition coefficient (Wildman–Crippen LogP) is 0.939. The van der Waals surface area contributed by atoms with Gasteiger partial charge in [-0.3, -0.25) is 14.3 Å². The second-order valence-electron chi connectivity index (χ2n) is 5.22. The third kappa shape index (κ3) is 5.33. The number of likely N-dealkylation sites (N-methyl/N-ethyl adjacent to an activating group) is 2. The van der Waals surface area contributed by atoms with Crippen LogP contribution < -0.4 is 10.6 Å². The first-order chi connectivity index (χ1) is 11.0. The average Bonchev–Trinajstić information content (AvgIpc) is 3.17. The van der Waals surface area contributed by atoms with Crippen LogP contribution in [0.3, 0.4) is 0 Å². The zero-order chi connectivity index (χ0) is 16.8. The largest absolute Gasteiger partial charge is 0.350 e. The Morgan fingerprint density at radius 3 is 2.75 bits per heavy atom. The van der Waals surface area contributed by atoms with Crippen LogP contribution in [-0.4, -0.2) is 47.1 Å². The fourth-order valence-electron chi connectivity index (χ4n) is 2.19. The van der Waals surface area contributed by atoms with Crippen molar-refractivity contribution in [3.63, 3.8) is 0 Å². The quantitative estimate of drug-likeness (QED) is 0.759. The number of halogens is 1. The van der Waals surface area contributed by atoms with Gasteiger partial charge >= 0.3 is 0 Å². The van der Waals surface area contributed by atoms with Gasteiger partial charge in [0.1, 0.15) is 6.04 Å². The minimum atomic E-state index is -0.515. The van der Waals surface area contributed by atoms with E-state index in [4.69, 9.17) is 0 Å². The maximum Gasteiger partial charge on any atom is 0.244 e. The molecule has 0 aliphatic carbocycles. The first-order valence-electron chi connectivity index (χ1n) is 7.21. The minimum absolute atomic E-state index is 0. The normalized spacial score (nSPS) is 11.5. The molecule has 2 amide bonds. The molecule has 2 N–H and O–H groups in total. The number of aromatic nitrogens is 2. The lowest BCUT2D eigenvalue weighted by Crippen LogP contribution is -2.42. The lowest BCUT2D eigenvalue weighted by atomic mass is 10.1. The molecule has 2 aromatic heterocycles. The van der Waals surface area contributed by atoms with Crippen LogP contribution in [0.15, 0.2) is 29.9 Å². The van der Waals surface area contributed by atoms with Gasteiger partial charge in [-0.15, -0.1) is 23.7 Å². The maximum absolute atomic E-state index is 12.5. The summed E-state index contributed by atoms with van der Waals surface area (Å²) in [4.78, 5) is 27.0. The molecular formula is C15H22ClN5O2S. The van der Waals surface area contributed by atoms with Crippen LogP contribution in [0.25, 0.3) is 0 Å². The van der Waals surface area contributed by atoms with Gasteiger partial charge in [0.25, 0.3) is 0 Å². The summed E-state index contributed by atoms with van der Waals surface area (Å²) in [6.45, 7) is 0.499. The molecule has 9 heteroatoms. The fraction of sp³-hybridized carbons (Fsp3) is 0.400. The summed E-state index contributed by atoms with van der Waals surface area (Å²) < 4.78 is 1.64. The molecule has 2 heterocycles. The van der Waals surface area contributed by atoms with Crippen molar-refractivity contribution in [2.45, 2.75) is 12.6 Å². The Balaban J connectivity index is 0.00000288. The third-order valence-electron chi connectivity index (χ3n) is 3.39. The number of aryl methyl sites for hydroxylation is 1. The smallest absolute Gasteiger partial charge is 0.244 e. The molecule has 0 aliphatic heterocycles. The highest BCUT2D eigenvalue weighted by atomic mass is 35.5. The lowest BCUT2D eigenvalue weighted by molar-refractivity contribution is -0.136. The van der Waals surface area contributed by atoms with Crippen LogP contribution in [0.2, 0.25) is 0 Å². The van der Waals surface area contributed by atoms with E-state index in [2.05, 4.69) is 15.7 Å². The van der Waals surface area contributed by atoms with Gasteiger partial charge in [0.15, 0.2) is 0 Å². The first-order valence-corrected chi connectivity index (χ1v) is 8.09. The number of amides is 2. The first kappa shape index (κ1) is 20.1.